The smallest absolute Gasteiger partial charge is 0.426 e. The summed E-state index contributed by atoms with van der Waals surface area (Å²) in [7, 11) is 0. The first-order chi connectivity index (χ1) is 9.28. The molecule has 1 fully saturated rings. The fourth-order valence-corrected chi connectivity index (χ4v) is 2.96. The highest BCUT2D eigenvalue weighted by atomic mass is 19.4. The number of carboxylic acids is 1. The summed E-state index contributed by atoms with van der Waals surface area (Å²) >= 11 is 0. The number of aliphatic hydroxyl groups is 1. The first kappa shape index (κ1) is 17.8. The van der Waals surface area contributed by atoms with Crippen LogP contribution in [0.15, 0.2) is 12.2 Å². The lowest BCUT2D eigenvalue weighted by Gasteiger charge is -2.46. The van der Waals surface area contributed by atoms with Crippen LogP contribution >= 0.6 is 0 Å². The second-order valence-electron chi connectivity index (χ2n) is 5.28. The van der Waals surface area contributed by atoms with Crippen LogP contribution in [0, 0.1) is 5.41 Å². The number of carboxylic acid groups (broad SMARTS) is 1. The summed E-state index contributed by atoms with van der Waals surface area (Å²) in [4.78, 5) is 10.7. The van der Waals surface area contributed by atoms with Gasteiger partial charge in [-0.3, -0.25) is 0 Å². The summed E-state index contributed by atoms with van der Waals surface area (Å²) < 4.78 is 78.0. The molecule has 1 aliphatic carbocycles. The lowest BCUT2D eigenvalue weighted by molar-refractivity contribution is -0.403. The third kappa shape index (κ3) is 2.75. The van der Waals surface area contributed by atoms with E-state index in [9.17, 15) is 36.2 Å². The molecule has 0 radical (unpaired) electrons. The molecule has 0 aromatic heterocycles. The minimum Gasteiger partial charge on any atom is -0.478 e. The van der Waals surface area contributed by atoms with Gasteiger partial charge in [0.25, 0.3) is 5.60 Å². The molecule has 1 rings (SSSR count). The summed E-state index contributed by atoms with van der Waals surface area (Å²) in [5, 5.41) is 18.3. The Morgan fingerprint density at radius 1 is 1.05 bits per heavy atom. The monoisotopic (exact) mass is 320 g/mol. The Hall–Kier alpha value is -1.25. The van der Waals surface area contributed by atoms with Crippen LogP contribution in [0.5, 0.6) is 0 Å². The molecule has 1 saturated carbocycles. The number of hydrogen-bond donors (Lipinski definition) is 2. The van der Waals surface area contributed by atoms with Gasteiger partial charge in [-0.2, -0.15) is 26.3 Å². The van der Waals surface area contributed by atoms with Gasteiger partial charge in [0, 0.05) is 11.0 Å². The maximum Gasteiger partial charge on any atom is 0.426 e. The van der Waals surface area contributed by atoms with E-state index in [1.807, 2.05) is 0 Å². The van der Waals surface area contributed by atoms with E-state index >= 15 is 0 Å². The van der Waals surface area contributed by atoms with E-state index in [0.29, 0.717) is 0 Å². The van der Waals surface area contributed by atoms with Crippen LogP contribution in [-0.2, 0) is 4.79 Å². The van der Waals surface area contributed by atoms with E-state index in [0.717, 1.165) is 0 Å². The molecule has 0 spiro atoms. The van der Waals surface area contributed by atoms with Gasteiger partial charge in [-0.1, -0.05) is 19.4 Å². The van der Waals surface area contributed by atoms with Crippen molar-refractivity contribution in [1.29, 1.82) is 0 Å². The van der Waals surface area contributed by atoms with Gasteiger partial charge in [0.05, 0.1) is 0 Å². The minimum absolute atomic E-state index is 0.0430. The molecule has 2 N–H and O–H groups in total. The van der Waals surface area contributed by atoms with Crippen molar-refractivity contribution in [1.82, 2.24) is 0 Å². The van der Waals surface area contributed by atoms with E-state index in [-0.39, 0.29) is 12.8 Å². The first-order valence-electron chi connectivity index (χ1n) is 6.05. The average Bonchev–Trinajstić information content (AvgIpc) is 2.74. The molecule has 0 heterocycles. The summed E-state index contributed by atoms with van der Waals surface area (Å²) in [5.74, 6) is -1.69. The number of hydrogen-bond acceptors (Lipinski definition) is 2. The van der Waals surface area contributed by atoms with Crippen LogP contribution < -0.4 is 0 Å². The summed E-state index contributed by atoms with van der Waals surface area (Å²) in [6, 6.07) is 0. The number of halogens is 6. The Labute approximate surface area is 116 Å². The second-order valence-corrected chi connectivity index (χ2v) is 5.28. The van der Waals surface area contributed by atoms with Gasteiger partial charge in [-0.25, -0.2) is 4.79 Å². The molecule has 0 atom stereocenters. The SMILES string of the molecule is C=C(CC1(C(O)(C(F)(F)F)C(F)(F)F)CCCC1)C(=O)O. The highest BCUT2D eigenvalue weighted by Gasteiger charge is 2.79. The predicted molar refractivity (Wildman–Crippen MR) is 59.4 cm³/mol. The van der Waals surface area contributed by atoms with Crippen LogP contribution in [0.3, 0.4) is 0 Å². The van der Waals surface area contributed by atoms with Gasteiger partial charge < -0.3 is 10.2 Å². The maximum atomic E-state index is 13.0. The Balaban J connectivity index is 3.41. The highest BCUT2D eigenvalue weighted by Crippen LogP contribution is 2.61. The fourth-order valence-electron chi connectivity index (χ4n) is 2.96. The molecular formula is C12H14F6O3. The Morgan fingerprint density at radius 3 is 1.71 bits per heavy atom. The molecule has 0 aromatic rings. The van der Waals surface area contributed by atoms with Crippen molar-refractivity contribution < 1.29 is 41.4 Å². The minimum atomic E-state index is -5.96. The Kier molecular flexibility index (Phi) is 4.40. The molecule has 0 aromatic carbocycles. The van der Waals surface area contributed by atoms with Crippen molar-refractivity contribution in [2.24, 2.45) is 5.41 Å². The normalized spacial score (nSPS) is 19.6. The van der Waals surface area contributed by atoms with Gasteiger partial charge in [0.1, 0.15) is 0 Å². The van der Waals surface area contributed by atoms with Crippen molar-refractivity contribution in [2.45, 2.75) is 50.1 Å². The van der Waals surface area contributed by atoms with E-state index < -0.39 is 54.2 Å². The van der Waals surface area contributed by atoms with Crippen LogP contribution in [0.25, 0.3) is 0 Å². The summed E-state index contributed by atoms with van der Waals surface area (Å²) in [5.41, 5.74) is -8.40. The lowest BCUT2D eigenvalue weighted by atomic mass is 9.65. The maximum absolute atomic E-state index is 13.0. The molecule has 3 nitrogen and oxygen atoms in total. The molecule has 21 heavy (non-hydrogen) atoms. The van der Waals surface area contributed by atoms with E-state index in [1.165, 1.54) is 0 Å². The Bertz CT molecular complexity index is 417. The van der Waals surface area contributed by atoms with Crippen molar-refractivity contribution in [3.8, 4) is 0 Å². The van der Waals surface area contributed by atoms with Crippen LogP contribution in [-0.4, -0.2) is 34.1 Å². The molecule has 0 unspecified atom stereocenters. The highest BCUT2D eigenvalue weighted by molar-refractivity contribution is 5.85. The van der Waals surface area contributed by atoms with Crippen molar-refractivity contribution in [3.63, 3.8) is 0 Å². The van der Waals surface area contributed by atoms with Gasteiger partial charge in [-0.05, 0) is 19.3 Å². The number of aliphatic carboxylic acids is 1. The van der Waals surface area contributed by atoms with Crippen molar-refractivity contribution in [2.75, 3.05) is 0 Å². The van der Waals surface area contributed by atoms with Gasteiger partial charge in [0.15, 0.2) is 0 Å². The zero-order chi connectivity index (χ0) is 16.7. The largest absolute Gasteiger partial charge is 0.478 e. The summed E-state index contributed by atoms with van der Waals surface area (Å²) in [6.07, 6.45) is -14.1. The van der Waals surface area contributed by atoms with E-state index in [2.05, 4.69) is 6.58 Å². The third-order valence-corrected chi connectivity index (χ3v) is 4.00. The molecule has 1 aliphatic rings. The Morgan fingerprint density at radius 2 is 1.43 bits per heavy atom. The van der Waals surface area contributed by atoms with Crippen molar-refractivity contribution in [3.05, 3.63) is 12.2 Å². The predicted octanol–water partition coefficient (Wildman–Crippen LogP) is 3.43. The third-order valence-electron chi connectivity index (χ3n) is 4.00. The van der Waals surface area contributed by atoms with Gasteiger partial charge in [0.2, 0.25) is 0 Å². The van der Waals surface area contributed by atoms with Gasteiger partial charge in [-0.15, -0.1) is 0 Å². The molecule has 122 valence electrons. The molecule has 0 saturated heterocycles. The van der Waals surface area contributed by atoms with Crippen LogP contribution in [0.4, 0.5) is 26.3 Å². The topological polar surface area (TPSA) is 57.5 Å². The molecule has 0 aliphatic heterocycles. The fraction of sp³-hybridized carbons (Fsp3) is 0.750. The van der Waals surface area contributed by atoms with E-state index in [1.54, 1.807) is 0 Å². The average molecular weight is 320 g/mol. The standard InChI is InChI=1S/C12H14F6O3/c1-7(8(19)20)6-9(4-2-3-5-9)10(21,11(13,14)15)12(16,17)18/h21H,1-6H2,(H,19,20). The van der Waals surface area contributed by atoms with Gasteiger partial charge >= 0.3 is 18.3 Å². The first-order valence-corrected chi connectivity index (χ1v) is 6.05. The van der Waals surface area contributed by atoms with Crippen molar-refractivity contribution >= 4 is 5.97 Å². The zero-order valence-electron chi connectivity index (χ0n) is 10.8. The number of rotatable bonds is 4. The van der Waals surface area contributed by atoms with Crippen LogP contribution in [0.1, 0.15) is 32.1 Å². The van der Waals surface area contributed by atoms with Crippen LogP contribution in [0.2, 0.25) is 0 Å². The molecule has 0 bridgehead atoms. The molecular weight excluding hydrogens is 306 g/mol. The number of alkyl halides is 6. The summed E-state index contributed by atoms with van der Waals surface area (Å²) in [6.45, 7) is 3.00. The molecule has 0 amide bonds. The second kappa shape index (κ2) is 5.19. The van der Waals surface area contributed by atoms with E-state index in [4.69, 9.17) is 5.11 Å². The molecule has 9 heteroatoms. The quantitative estimate of drug-likeness (QED) is 0.616. The number of carbonyl (C=O) groups is 1. The zero-order valence-corrected chi connectivity index (χ0v) is 10.8. The lowest BCUT2D eigenvalue weighted by Crippen LogP contribution is -2.66.